The molecular formula is C11H11NO3S2. The fourth-order valence-corrected chi connectivity index (χ4v) is 5.29. The highest BCUT2D eigenvalue weighted by molar-refractivity contribution is 8.00. The summed E-state index contributed by atoms with van der Waals surface area (Å²) in [6.07, 6.45) is 1.18. The number of carbonyl (C=O) groups excluding carboxylic acids is 1. The number of carboxylic acid groups (broad SMARTS) is 1. The molecule has 17 heavy (non-hydrogen) atoms. The fourth-order valence-electron chi connectivity index (χ4n) is 2.57. The van der Waals surface area contributed by atoms with Gasteiger partial charge in [0.1, 0.15) is 10.9 Å². The maximum Gasteiger partial charge on any atom is 0.327 e. The summed E-state index contributed by atoms with van der Waals surface area (Å²) in [5.41, 5.74) is 0. The van der Waals surface area contributed by atoms with Gasteiger partial charge in [0.05, 0.1) is 0 Å². The second-order valence-electron chi connectivity index (χ2n) is 4.19. The predicted molar refractivity (Wildman–Crippen MR) is 66.0 cm³/mol. The predicted octanol–water partition coefficient (Wildman–Crippen LogP) is 1.72. The van der Waals surface area contributed by atoms with Crippen LogP contribution in [0.2, 0.25) is 0 Å². The van der Waals surface area contributed by atoms with E-state index in [1.165, 1.54) is 0 Å². The Morgan fingerprint density at radius 3 is 3.06 bits per heavy atom. The minimum atomic E-state index is -0.897. The lowest BCUT2D eigenvalue weighted by atomic mass is 10.1. The first-order chi connectivity index (χ1) is 8.15. The fraction of sp³-hybridized carbons (Fsp3) is 0.455. The summed E-state index contributed by atoms with van der Waals surface area (Å²) in [5, 5.41) is 11.2. The normalized spacial score (nSPS) is 31.9. The number of fused-ring (bicyclic) bond motifs is 1. The van der Waals surface area contributed by atoms with Crippen LogP contribution in [0.4, 0.5) is 0 Å². The van der Waals surface area contributed by atoms with Crippen LogP contribution in [0.25, 0.3) is 0 Å². The molecule has 90 valence electrons. The van der Waals surface area contributed by atoms with Crippen molar-refractivity contribution in [2.75, 3.05) is 5.75 Å². The van der Waals surface area contributed by atoms with Gasteiger partial charge in [0.25, 0.3) is 0 Å². The number of carboxylic acids is 1. The minimum Gasteiger partial charge on any atom is -0.480 e. The number of nitrogens with zero attached hydrogens (tertiary/aromatic N) is 1. The lowest BCUT2D eigenvalue weighted by Crippen LogP contribution is -2.45. The van der Waals surface area contributed by atoms with Gasteiger partial charge in [-0.05, 0) is 17.9 Å². The van der Waals surface area contributed by atoms with Gasteiger partial charge in [-0.3, -0.25) is 4.79 Å². The van der Waals surface area contributed by atoms with Gasteiger partial charge in [0.2, 0.25) is 5.91 Å². The van der Waals surface area contributed by atoms with Crippen LogP contribution >= 0.6 is 23.1 Å². The highest BCUT2D eigenvalue weighted by Crippen LogP contribution is 2.55. The molecule has 3 heterocycles. The molecule has 2 aliphatic rings. The Hall–Kier alpha value is -1.01. The van der Waals surface area contributed by atoms with Gasteiger partial charge in [-0.15, -0.1) is 23.1 Å². The van der Waals surface area contributed by atoms with Crippen LogP contribution in [0.3, 0.4) is 0 Å². The Morgan fingerprint density at radius 1 is 1.59 bits per heavy atom. The number of amides is 1. The molecule has 2 atom stereocenters. The van der Waals surface area contributed by atoms with E-state index in [4.69, 9.17) is 0 Å². The molecule has 1 N–H and O–H groups in total. The van der Waals surface area contributed by atoms with E-state index in [-0.39, 0.29) is 5.91 Å². The van der Waals surface area contributed by atoms with Crippen molar-refractivity contribution in [3.8, 4) is 0 Å². The van der Waals surface area contributed by atoms with Crippen LogP contribution in [-0.4, -0.2) is 33.7 Å². The van der Waals surface area contributed by atoms with Crippen LogP contribution in [-0.2, 0) is 14.5 Å². The standard InChI is InChI=1S/C11H11NO3S2/c13-9-3-4-11(8-2-1-5-16-8)12(9)7(6-17-11)10(14)15/h1-2,5,7H,3-4,6H2,(H,14,15)/t7-,11+/m0/s1. The van der Waals surface area contributed by atoms with E-state index in [1.54, 1.807) is 28.0 Å². The zero-order chi connectivity index (χ0) is 12.0. The monoisotopic (exact) mass is 269 g/mol. The van der Waals surface area contributed by atoms with Gasteiger partial charge < -0.3 is 10.0 Å². The molecule has 3 rings (SSSR count). The first kappa shape index (κ1) is 11.1. The highest BCUT2D eigenvalue weighted by atomic mass is 32.2. The molecule has 2 saturated heterocycles. The third kappa shape index (κ3) is 1.43. The van der Waals surface area contributed by atoms with Crippen molar-refractivity contribution in [3.05, 3.63) is 22.4 Å². The van der Waals surface area contributed by atoms with E-state index in [1.807, 2.05) is 17.5 Å². The van der Waals surface area contributed by atoms with E-state index in [9.17, 15) is 14.7 Å². The molecule has 2 fully saturated rings. The quantitative estimate of drug-likeness (QED) is 0.888. The summed E-state index contributed by atoms with van der Waals surface area (Å²) in [7, 11) is 0. The van der Waals surface area contributed by atoms with Crippen LogP contribution in [0, 0.1) is 0 Å². The van der Waals surface area contributed by atoms with Gasteiger partial charge in [0.15, 0.2) is 0 Å². The summed E-state index contributed by atoms with van der Waals surface area (Å²) in [6.45, 7) is 0. The van der Waals surface area contributed by atoms with E-state index < -0.39 is 16.9 Å². The molecule has 4 nitrogen and oxygen atoms in total. The summed E-state index contributed by atoms with van der Waals surface area (Å²) >= 11 is 3.19. The first-order valence-electron chi connectivity index (χ1n) is 5.38. The number of thiophene rings is 1. The van der Waals surface area contributed by atoms with Crippen molar-refractivity contribution in [1.29, 1.82) is 0 Å². The minimum absolute atomic E-state index is 0.0317. The van der Waals surface area contributed by atoms with Crippen LogP contribution < -0.4 is 0 Å². The van der Waals surface area contributed by atoms with Crippen molar-refractivity contribution in [3.63, 3.8) is 0 Å². The van der Waals surface area contributed by atoms with Gasteiger partial charge in [0, 0.05) is 17.1 Å². The molecule has 1 aromatic heterocycles. The SMILES string of the molecule is O=C(O)[C@@H]1CS[C@@]2(c3cccs3)CCC(=O)N12. The zero-order valence-electron chi connectivity index (χ0n) is 8.96. The topological polar surface area (TPSA) is 57.6 Å². The van der Waals surface area contributed by atoms with Crippen molar-refractivity contribution in [2.24, 2.45) is 0 Å². The van der Waals surface area contributed by atoms with Gasteiger partial charge in [-0.1, -0.05) is 6.07 Å². The summed E-state index contributed by atoms with van der Waals surface area (Å²) in [5.74, 6) is -0.444. The number of hydrogen-bond donors (Lipinski definition) is 1. The lowest BCUT2D eigenvalue weighted by Gasteiger charge is -2.31. The zero-order valence-corrected chi connectivity index (χ0v) is 10.6. The first-order valence-corrected chi connectivity index (χ1v) is 7.24. The van der Waals surface area contributed by atoms with E-state index in [0.717, 1.165) is 11.3 Å². The number of hydrogen-bond acceptors (Lipinski definition) is 4. The van der Waals surface area contributed by atoms with Crippen molar-refractivity contribution >= 4 is 35.0 Å². The molecule has 2 aliphatic heterocycles. The van der Waals surface area contributed by atoms with Gasteiger partial charge in [-0.25, -0.2) is 4.79 Å². The summed E-state index contributed by atoms with van der Waals surface area (Å²) in [6, 6.07) is 3.27. The maximum atomic E-state index is 11.9. The molecule has 1 aromatic rings. The molecule has 0 bridgehead atoms. The number of thioether (sulfide) groups is 1. The second kappa shape index (κ2) is 3.74. The third-order valence-corrected chi connectivity index (χ3v) is 6.05. The Bertz CT molecular complexity index is 473. The summed E-state index contributed by atoms with van der Waals surface area (Å²) in [4.78, 5) is 25.4. The molecular weight excluding hydrogens is 258 g/mol. The lowest BCUT2D eigenvalue weighted by molar-refractivity contribution is -0.148. The van der Waals surface area contributed by atoms with Crippen LogP contribution in [0.15, 0.2) is 17.5 Å². The maximum absolute atomic E-state index is 11.9. The van der Waals surface area contributed by atoms with Crippen molar-refractivity contribution in [2.45, 2.75) is 23.8 Å². The third-order valence-electron chi connectivity index (χ3n) is 3.32. The molecule has 0 aliphatic carbocycles. The Kier molecular flexibility index (Phi) is 2.45. The number of rotatable bonds is 2. The largest absolute Gasteiger partial charge is 0.480 e. The Labute approximate surface area is 107 Å². The number of carbonyl (C=O) groups is 2. The van der Waals surface area contributed by atoms with E-state index in [0.29, 0.717) is 12.2 Å². The second-order valence-corrected chi connectivity index (χ2v) is 6.44. The molecule has 6 heteroatoms. The van der Waals surface area contributed by atoms with E-state index >= 15 is 0 Å². The van der Waals surface area contributed by atoms with Crippen molar-refractivity contribution < 1.29 is 14.7 Å². The summed E-state index contributed by atoms with van der Waals surface area (Å²) < 4.78 is 0. The molecule has 0 unspecified atom stereocenters. The van der Waals surface area contributed by atoms with Crippen LogP contribution in [0.1, 0.15) is 17.7 Å². The van der Waals surface area contributed by atoms with E-state index in [2.05, 4.69) is 0 Å². The molecule has 0 aromatic carbocycles. The molecule has 0 saturated carbocycles. The molecule has 1 amide bonds. The van der Waals surface area contributed by atoms with Crippen LogP contribution in [0.5, 0.6) is 0 Å². The van der Waals surface area contributed by atoms with Gasteiger partial charge in [-0.2, -0.15) is 0 Å². The number of aliphatic carboxylic acids is 1. The van der Waals surface area contributed by atoms with Crippen molar-refractivity contribution in [1.82, 2.24) is 4.90 Å². The molecule has 0 spiro atoms. The highest BCUT2D eigenvalue weighted by Gasteiger charge is 2.57. The average molecular weight is 269 g/mol. The smallest absolute Gasteiger partial charge is 0.327 e. The van der Waals surface area contributed by atoms with Gasteiger partial charge >= 0.3 is 5.97 Å². The average Bonchev–Trinajstić information content (AvgIpc) is 2.95. The Balaban J connectivity index is 2.06. The Morgan fingerprint density at radius 2 is 2.41 bits per heavy atom. The molecule has 0 radical (unpaired) electrons.